The quantitative estimate of drug-likeness (QED) is 0.609. The van der Waals surface area contributed by atoms with Crippen molar-refractivity contribution < 1.29 is 18.5 Å². The first kappa shape index (κ1) is 16.6. The molecule has 9 nitrogen and oxygen atoms in total. The second-order valence-electron chi connectivity index (χ2n) is 8.61. The van der Waals surface area contributed by atoms with Gasteiger partial charge in [0.15, 0.2) is 11.3 Å². The zero-order valence-corrected chi connectivity index (χ0v) is 15.4. The molecule has 3 aromatic rings. The normalized spacial score (nSPS) is 27.2. The smallest absolute Gasteiger partial charge is 0.408 e. The number of nitrogens with zero attached hydrogens (tertiary/aromatic N) is 1. The molecule has 4 fully saturated rings. The number of anilines is 1. The Balaban J connectivity index is 1.09. The van der Waals surface area contributed by atoms with Gasteiger partial charge in [0, 0.05) is 23.2 Å². The molecule has 4 aliphatic carbocycles. The molecule has 0 aliphatic heterocycles. The van der Waals surface area contributed by atoms with Crippen LogP contribution in [0, 0.1) is 5.41 Å². The van der Waals surface area contributed by atoms with E-state index in [9.17, 15) is 14.4 Å². The van der Waals surface area contributed by atoms with Gasteiger partial charge in [-0.2, -0.15) is 0 Å². The monoisotopic (exact) mass is 394 g/mol. The van der Waals surface area contributed by atoms with Gasteiger partial charge in [-0.05, 0) is 50.3 Å². The minimum atomic E-state index is -0.531. The summed E-state index contributed by atoms with van der Waals surface area (Å²) in [4.78, 5) is 39.0. The summed E-state index contributed by atoms with van der Waals surface area (Å²) in [6, 6.07) is 6.73. The summed E-state index contributed by atoms with van der Waals surface area (Å²) in [5.41, 5.74) is 1.10. The van der Waals surface area contributed by atoms with E-state index in [4.69, 9.17) is 8.94 Å². The minimum Gasteiger partial charge on any atom is -0.408 e. The van der Waals surface area contributed by atoms with Crippen LogP contribution in [-0.2, 0) is 4.79 Å². The van der Waals surface area contributed by atoms with Gasteiger partial charge in [0.1, 0.15) is 5.76 Å². The summed E-state index contributed by atoms with van der Waals surface area (Å²) in [5, 5.41) is 9.80. The standard InChI is InChI=1S/C20H18N4O5/c25-16(13-6-15(29-24-13)10-1-2-10)23-20-7-19(8-20,9-20)17(26)21-11-3-4-14-12(5-11)22-18(27)28-14/h3-6,10H,1-2,7-9H2,(H,21,26)(H,22,27)(H,23,25). The van der Waals surface area contributed by atoms with Gasteiger partial charge in [0.25, 0.3) is 5.91 Å². The minimum absolute atomic E-state index is 0.0729. The lowest BCUT2D eigenvalue weighted by molar-refractivity contribution is -0.172. The second kappa shape index (κ2) is 5.37. The van der Waals surface area contributed by atoms with Crippen LogP contribution in [0.1, 0.15) is 54.3 Å². The number of nitrogens with one attached hydrogen (secondary N) is 3. The van der Waals surface area contributed by atoms with E-state index in [1.165, 1.54) is 0 Å². The number of carbonyl (C=O) groups excluding carboxylic acids is 2. The Labute approximate surface area is 163 Å². The summed E-state index contributed by atoms with van der Waals surface area (Å²) in [6.07, 6.45) is 3.99. The summed E-state index contributed by atoms with van der Waals surface area (Å²) >= 11 is 0. The highest BCUT2D eigenvalue weighted by Gasteiger charge is 2.72. The SMILES string of the molecule is O=C(NC12CC(C(=O)Nc3ccc4oc(=O)[nH]c4c3)(C1)C2)c1cc(C2CC2)on1. The molecule has 2 bridgehead atoms. The predicted octanol–water partition coefficient (Wildman–Crippen LogP) is 2.28. The van der Waals surface area contributed by atoms with Gasteiger partial charge in [-0.1, -0.05) is 5.16 Å². The fraction of sp³-hybridized carbons (Fsp3) is 0.400. The van der Waals surface area contributed by atoms with Crippen molar-refractivity contribution in [3.8, 4) is 0 Å². The molecule has 29 heavy (non-hydrogen) atoms. The fourth-order valence-electron chi connectivity index (χ4n) is 4.72. The molecule has 148 valence electrons. The van der Waals surface area contributed by atoms with Gasteiger partial charge >= 0.3 is 5.76 Å². The molecule has 1 aromatic carbocycles. The Bertz CT molecular complexity index is 1210. The molecular weight excluding hydrogens is 376 g/mol. The van der Waals surface area contributed by atoms with Crippen molar-refractivity contribution in [1.82, 2.24) is 15.5 Å². The maximum absolute atomic E-state index is 12.7. The first-order valence-electron chi connectivity index (χ1n) is 9.67. The Morgan fingerprint density at radius 2 is 1.97 bits per heavy atom. The summed E-state index contributed by atoms with van der Waals surface area (Å²) in [5.74, 6) is 0.335. The number of oxazole rings is 1. The lowest BCUT2D eigenvalue weighted by Gasteiger charge is -2.69. The maximum Gasteiger partial charge on any atom is 0.417 e. The van der Waals surface area contributed by atoms with E-state index in [0.29, 0.717) is 47.7 Å². The average Bonchev–Trinajstić information content (AvgIpc) is 3.22. The van der Waals surface area contributed by atoms with E-state index in [0.717, 1.165) is 18.6 Å². The number of fused-ring (bicyclic) bond motifs is 1. The second-order valence-corrected chi connectivity index (χ2v) is 8.61. The largest absolute Gasteiger partial charge is 0.417 e. The summed E-state index contributed by atoms with van der Waals surface area (Å²) < 4.78 is 10.2. The number of hydrogen-bond donors (Lipinski definition) is 3. The van der Waals surface area contributed by atoms with Crippen molar-refractivity contribution in [3.63, 3.8) is 0 Å². The van der Waals surface area contributed by atoms with E-state index < -0.39 is 11.2 Å². The van der Waals surface area contributed by atoms with Crippen molar-refractivity contribution in [2.45, 2.75) is 43.6 Å². The molecule has 0 radical (unpaired) electrons. The van der Waals surface area contributed by atoms with Crippen molar-refractivity contribution in [1.29, 1.82) is 0 Å². The van der Waals surface area contributed by atoms with Gasteiger partial charge in [-0.3, -0.25) is 14.6 Å². The molecule has 7 rings (SSSR count). The number of carbonyl (C=O) groups is 2. The molecule has 0 atom stereocenters. The van der Waals surface area contributed by atoms with E-state index in [1.54, 1.807) is 24.3 Å². The molecular formula is C20H18N4O5. The lowest BCUT2D eigenvalue weighted by Crippen LogP contribution is -2.77. The topological polar surface area (TPSA) is 130 Å². The van der Waals surface area contributed by atoms with E-state index in [1.807, 2.05) is 0 Å². The van der Waals surface area contributed by atoms with Gasteiger partial charge in [0.05, 0.1) is 10.9 Å². The van der Waals surface area contributed by atoms with Crippen LogP contribution < -0.4 is 16.4 Å². The first-order chi connectivity index (χ1) is 13.9. The Morgan fingerprint density at radius 1 is 1.17 bits per heavy atom. The number of hydrogen-bond acceptors (Lipinski definition) is 6. The van der Waals surface area contributed by atoms with Crippen LogP contribution in [0.25, 0.3) is 11.1 Å². The predicted molar refractivity (Wildman–Crippen MR) is 100 cm³/mol. The molecule has 2 amide bonds. The molecule has 4 aliphatic rings. The molecule has 0 unspecified atom stereocenters. The van der Waals surface area contributed by atoms with Crippen LogP contribution in [0.4, 0.5) is 5.69 Å². The third-order valence-corrected chi connectivity index (χ3v) is 6.31. The maximum atomic E-state index is 12.7. The van der Waals surface area contributed by atoms with Crippen LogP contribution in [0.15, 0.2) is 38.0 Å². The number of aromatic nitrogens is 2. The third kappa shape index (κ3) is 2.53. The van der Waals surface area contributed by atoms with Crippen LogP contribution in [0.3, 0.4) is 0 Å². The summed E-state index contributed by atoms with van der Waals surface area (Å²) in [6.45, 7) is 0. The highest BCUT2D eigenvalue weighted by atomic mass is 16.5. The summed E-state index contributed by atoms with van der Waals surface area (Å²) in [7, 11) is 0. The van der Waals surface area contributed by atoms with Crippen LogP contribution in [-0.4, -0.2) is 27.5 Å². The van der Waals surface area contributed by atoms with E-state index >= 15 is 0 Å². The number of H-pyrrole nitrogens is 1. The fourth-order valence-corrected chi connectivity index (χ4v) is 4.72. The lowest BCUT2D eigenvalue weighted by atomic mass is 9.39. The molecule has 0 saturated heterocycles. The first-order valence-corrected chi connectivity index (χ1v) is 9.67. The van der Waals surface area contributed by atoms with Crippen LogP contribution >= 0.6 is 0 Å². The number of benzene rings is 1. The van der Waals surface area contributed by atoms with Gasteiger partial charge < -0.3 is 19.6 Å². The van der Waals surface area contributed by atoms with Gasteiger partial charge in [0.2, 0.25) is 5.91 Å². The molecule has 2 aromatic heterocycles. The number of amides is 2. The van der Waals surface area contributed by atoms with Crippen molar-refractivity contribution in [2.75, 3.05) is 5.32 Å². The van der Waals surface area contributed by atoms with Crippen LogP contribution in [0.5, 0.6) is 0 Å². The highest BCUT2D eigenvalue weighted by molar-refractivity contribution is 6.00. The van der Waals surface area contributed by atoms with Gasteiger partial charge in [-0.25, -0.2) is 4.79 Å². The van der Waals surface area contributed by atoms with Crippen molar-refractivity contribution in [3.05, 3.63) is 46.3 Å². The van der Waals surface area contributed by atoms with E-state index in [2.05, 4.69) is 20.8 Å². The van der Waals surface area contributed by atoms with Gasteiger partial charge in [-0.15, -0.1) is 0 Å². The zero-order valence-electron chi connectivity index (χ0n) is 15.4. The molecule has 3 N–H and O–H groups in total. The Kier molecular flexibility index (Phi) is 3.07. The molecule has 4 saturated carbocycles. The average molecular weight is 394 g/mol. The number of rotatable bonds is 5. The van der Waals surface area contributed by atoms with Crippen LogP contribution in [0.2, 0.25) is 0 Å². The Morgan fingerprint density at radius 3 is 2.72 bits per heavy atom. The molecule has 9 heteroatoms. The molecule has 2 heterocycles. The van der Waals surface area contributed by atoms with Crippen molar-refractivity contribution in [2.24, 2.45) is 5.41 Å². The molecule has 0 spiro atoms. The third-order valence-electron chi connectivity index (χ3n) is 6.31. The Hall–Kier alpha value is -3.36. The van der Waals surface area contributed by atoms with E-state index in [-0.39, 0.29) is 17.4 Å². The number of aromatic amines is 1. The highest BCUT2D eigenvalue weighted by Crippen LogP contribution is 2.67. The zero-order chi connectivity index (χ0) is 19.8. The van der Waals surface area contributed by atoms with Crippen molar-refractivity contribution >= 4 is 28.6 Å².